The van der Waals surface area contributed by atoms with Gasteiger partial charge >= 0.3 is 0 Å². The lowest BCUT2D eigenvalue weighted by Gasteiger charge is -2.19. The van der Waals surface area contributed by atoms with Crippen LogP contribution in [-0.4, -0.2) is 5.37 Å². The van der Waals surface area contributed by atoms with Crippen LogP contribution < -0.4 is 0 Å². The van der Waals surface area contributed by atoms with Crippen LogP contribution in [0.5, 0.6) is 0 Å². The third kappa shape index (κ3) is 13.5. The highest BCUT2D eigenvalue weighted by atomic mass is 32.1. The first-order valence-electron chi connectivity index (χ1n) is 12.2. The van der Waals surface area contributed by atoms with Crippen LogP contribution in [0.25, 0.3) is 5.57 Å². The van der Waals surface area contributed by atoms with Gasteiger partial charge in [-0.15, -0.1) is 25.2 Å². The van der Waals surface area contributed by atoms with Gasteiger partial charge in [-0.25, -0.2) is 0 Å². The minimum atomic E-state index is 0.491. The molecule has 0 N–H and O–H groups in total. The lowest BCUT2D eigenvalue weighted by atomic mass is 9.85. The van der Waals surface area contributed by atoms with Gasteiger partial charge in [-0.1, -0.05) is 116 Å². The molecule has 0 aliphatic rings. The number of hydrogen-bond acceptors (Lipinski definition) is 1. The maximum atomic E-state index is 5.80. The van der Waals surface area contributed by atoms with Crippen LogP contribution in [0.4, 0.5) is 0 Å². The van der Waals surface area contributed by atoms with E-state index in [2.05, 4.69) is 116 Å². The predicted octanol–water partition coefficient (Wildman–Crippen LogP) is 10.4. The van der Waals surface area contributed by atoms with Crippen LogP contribution in [0.2, 0.25) is 0 Å². The monoisotopic (exact) mass is 496 g/mol. The molecule has 1 rings (SSSR count). The SMILES string of the molecule is C#C.C#CC/C(C(=C)/C=C/C(C=S)=C/C(C)=C\C)=C(\C(C=C(C)C)=C(C)C)c1ccccc1.CCC. The molecule has 36 heavy (non-hydrogen) atoms. The van der Waals surface area contributed by atoms with E-state index in [9.17, 15) is 0 Å². The summed E-state index contributed by atoms with van der Waals surface area (Å²) >= 11 is 5.20. The number of hydrogen-bond donors (Lipinski definition) is 0. The third-order valence-corrected chi connectivity index (χ3v) is 5.01. The van der Waals surface area contributed by atoms with Crippen molar-refractivity contribution in [2.45, 2.75) is 68.2 Å². The molecule has 0 saturated carbocycles. The zero-order chi connectivity index (χ0) is 28.1. The van der Waals surface area contributed by atoms with Crippen molar-refractivity contribution in [2.24, 2.45) is 0 Å². The summed E-state index contributed by atoms with van der Waals surface area (Å²) in [5.41, 5.74) is 9.96. The second kappa shape index (κ2) is 20.9. The van der Waals surface area contributed by atoms with Crippen molar-refractivity contribution >= 4 is 23.2 Å². The van der Waals surface area contributed by atoms with Crippen LogP contribution in [0.15, 0.2) is 106 Å². The van der Waals surface area contributed by atoms with Crippen LogP contribution in [-0.2, 0) is 0 Å². The van der Waals surface area contributed by atoms with Gasteiger partial charge in [-0.3, -0.25) is 0 Å². The Hall–Kier alpha value is -3.39. The summed E-state index contributed by atoms with van der Waals surface area (Å²) in [6.45, 7) is 21.2. The quantitative estimate of drug-likeness (QED) is 0.142. The second-order valence-corrected chi connectivity index (χ2v) is 8.83. The van der Waals surface area contributed by atoms with Gasteiger partial charge in [0, 0.05) is 11.8 Å². The van der Waals surface area contributed by atoms with E-state index in [1.165, 1.54) is 23.1 Å². The summed E-state index contributed by atoms with van der Waals surface area (Å²) in [5, 5.41) is 1.68. The molecule has 0 fully saturated rings. The van der Waals surface area contributed by atoms with E-state index in [1.807, 2.05) is 25.1 Å². The van der Waals surface area contributed by atoms with Crippen molar-refractivity contribution in [1.82, 2.24) is 0 Å². The summed E-state index contributed by atoms with van der Waals surface area (Å²) in [5.74, 6) is 2.84. The Labute approximate surface area is 228 Å². The standard InChI is InChI=1S/C30H34S.C3H8.C2H2/c1-9-14-28(25(8)17-18-26(21-31)20-24(7)10-2)30(27-15-12-11-13-16-27)29(23(5)6)19-22(3)4;1-3-2;1-2/h1,10-13,15-21H,8,14H2,2-7H3;3H2,1-2H3;1-2H/b18-17+,24-10-,26-20-,30-28+;;. The van der Waals surface area contributed by atoms with Crippen molar-refractivity contribution in [1.29, 1.82) is 0 Å². The molecular weight excluding hydrogens is 452 g/mol. The molecule has 0 atom stereocenters. The van der Waals surface area contributed by atoms with Gasteiger partial charge in [-0.05, 0) is 75.0 Å². The lowest BCUT2D eigenvalue weighted by Crippen LogP contribution is -1.99. The van der Waals surface area contributed by atoms with E-state index in [0.29, 0.717) is 6.42 Å². The Morgan fingerprint density at radius 1 is 0.972 bits per heavy atom. The molecule has 0 aliphatic carbocycles. The minimum Gasteiger partial charge on any atom is -0.124 e. The van der Waals surface area contributed by atoms with E-state index >= 15 is 0 Å². The largest absolute Gasteiger partial charge is 0.124 e. The Balaban J connectivity index is 0. The summed E-state index contributed by atoms with van der Waals surface area (Å²) in [7, 11) is 0. The van der Waals surface area contributed by atoms with Crippen LogP contribution in [0, 0.1) is 25.2 Å². The van der Waals surface area contributed by atoms with Gasteiger partial charge in [0.2, 0.25) is 0 Å². The molecule has 0 saturated heterocycles. The fourth-order valence-electron chi connectivity index (χ4n) is 3.08. The molecule has 1 heteroatoms. The molecular formula is C35H44S. The normalized spacial score (nSPS) is 11.5. The number of terminal acetylenes is 2. The van der Waals surface area contributed by atoms with Crippen LogP contribution in [0.1, 0.15) is 73.8 Å². The van der Waals surface area contributed by atoms with Crippen molar-refractivity contribution in [3.8, 4) is 25.2 Å². The first-order chi connectivity index (χ1) is 17.2. The Morgan fingerprint density at radius 2 is 1.53 bits per heavy atom. The topological polar surface area (TPSA) is 0 Å². The summed E-state index contributed by atoms with van der Waals surface area (Å²) in [4.78, 5) is 0. The van der Waals surface area contributed by atoms with E-state index in [-0.39, 0.29) is 0 Å². The van der Waals surface area contributed by atoms with E-state index in [4.69, 9.17) is 18.6 Å². The average Bonchev–Trinajstić information content (AvgIpc) is 2.87. The Bertz CT molecular complexity index is 1080. The zero-order valence-electron chi connectivity index (χ0n) is 23.6. The van der Waals surface area contributed by atoms with Gasteiger partial charge < -0.3 is 0 Å². The number of benzene rings is 1. The molecule has 0 spiro atoms. The highest BCUT2D eigenvalue weighted by Crippen LogP contribution is 2.35. The van der Waals surface area contributed by atoms with Crippen molar-refractivity contribution in [2.75, 3.05) is 0 Å². The summed E-state index contributed by atoms with van der Waals surface area (Å²) in [6.07, 6.45) is 25.9. The van der Waals surface area contributed by atoms with E-state index in [1.54, 1.807) is 5.37 Å². The third-order valence-electron chi connectivity index (χ3n) is 4.73. The Morgan fingerprint density at radius 3 is 1.94 bits per heavy atom. The molecule has 1 aromatic rings. The van der Waals surface area contributed by atoms with Gasteiger partial charge in [0.05, 0.1) is 0 Å². The molecule has 190 valence electrons. The Kier molecular flexibility index (Phi) is 20.2. The molecule has 0 aliphatic heterocycles. The average molecular weight is 497 g/mol. The fourth-order valence-corrected chi connectivity index (χ4v) is 3.23. The van der Waals surface area contributed by atoms with Gasteiger partial charge in [0.15, 0.2) is 0 Å². The number of allylic oxidation sites excluding steroid dienone is 13. The first kappa shape index (κ1) is 34.8. The molecule has 0 aromatic heterocycles. The van der Waals surface area contributed by atoms with Crippen molar-refractivity contribution < 1.29 is 0 Å². The predicted molar refractivity (Wildman–Crippen MR) is 170 cm³/mol. The van der Waals surface area contributed by atoms with Gasteiger partial charge in [0.1, 0.15) is 0 Å². The van der Waals surface area contributed by atoms with Crippen molar-refractivity contribution in [3.05, 3.63) is 112 Å². The highest BCUT2D eigenvalue weighted by Gasteiger charge is 2.15. The maximum absolute atomic E-state index is 5.80. The molecule has 0 heterocycles. The summed E-state index contributed by atoms with van der Waals surface area (Å²) in [6, 6.07) is 10.4. The highest BCUT2D eigenvalue weighted by molar-refractivity contribution is 7.79. The molecule has 0 amide bonds. The number of rotatable bonds is 9. The lowest BCUT2D eigenvalue weighted by molar-refractivity contribution is 1.09. The minimum absolute atomic E-state index is 0.491. The van der Waals surface area contributed by atoms with Crippen LogP contribution in [0.3, 0.4) is 0 Å². The molecule has 0 unspecified atom stereocenters. The second-order valence-electron chi connectivity index (χ2n) is 8.60. The van der Waals surface area contributed by atoms with Gasteiger partial charge in [0.25, 0.3) is 0 Å². The molecule has 0 nitrogen and oxygen atoms in total. The zero-order valence-corrected chi connectivity index (χ0v) is 24.4. The van der Waals surface area contributed by atoms with Gasteiger partial charge in [-0.2, -0.15) is 0 Å². The number of thiocarbonyl (C=S) groups is 1. The van der Waals surface area contributed by atoms with Crippen LogP contribution >= 0.6 is 12.2 Å². The van der Waals surface area contributed by atoms with Crippen molar-refractivity contribution in [3.63, 3.8) is 0 Å². The maximum Gasteiger partial charge on any atom is 0.0349 e. The molecule has 0 bridgehead atoms. The van der Waals surface area contributed by atoms with E-state index < -0.39 is 0 Å². The summed E-state index contributed by atoms with van der Waals surface area (Å²) < 4.78 is 0. The fraction of sp³-hybridized carbons (Fsp3) is 0.286. The van der Waals surface area contributed by atoms with E-state index in [0.717, 1.165) is 33.4 Å². The smallest absolute Gasteiger partial charge is 0.0349 e. The first-order valence-corrected chi connectivity index (χ1v) is 12.7. The molecule has 0 radical (unpaired) electrons. The molecule has 1 aromatic carbocycles.